The minimum absolute atomic E-state index is 0.0908. The number of urea groups is 1. The number of primary amides is 1. The smallest absolute Gasteiger partial charge is 0.319 e. The summed E-state index contributed by atoms with van der Waals surface area (Å²) >= 11 is 0. The van der Waals surface area contributed by atoms with Gasteiger partial charge in [0.2, 0.25) is 12.3 Å². The number of hydrogen-bond donors (Lipinski definition) is 1. The fourth-order valence-electron chi connectivity index (χ4n) is 4.45. The molecule has 0 aliphatic carbocycles. The lowest BCUT2D eigenvalue weighted by Gasteiger charge is -2.49. The molecule has 25 heavy (non-hydrogen) atoms. The van der Waals surface area contributed by atoms with Crippen LogP contribution in [0.5, 0.6) is 0 Å². The van der Waals surface area contributed by atoms with Crippen molar-refractivity contribution in [3.63, 3.8) is 0 Å². The molecule has 132 valence electrons. The zero-order valence-corrected chi connectivity index (χ0v) is 14.3. The lowest BCUT2D eigenvalue weighted by molar-refractivity contribution is 0.0564. The highest BCUT2D eigenvalue weighted by molar-refractivity contribution is 5.95. The van der Waals surface area contributed by atoms with Crippen molar-refractivity contribution in [2.45, 2.75) is 50.2 Å². The van der Waals surface area contributed by atoms with Crippen LogP contribution < -0.4 is 10.6 Å². The van der Waals surface area contributed by atoms with Gasteiger partial charge in [0.05, 0.1) is 11.3 Å². The van der Waals surface area contributed by atoms with Crippen LogP contribution >= 0.6 is 0 Å². The summed E-state index contributed by atoms with van der Waals surface area (Å²) in [4.78, 5) is 16.6. The normalized spacial score (nSPS) is 26.4. The molecule has 2 aliphatic rings. The van der Waals surface area contributed by atoms with E-state index >= 15 is 0 Å². The number of hydrogen-bond acceptors (Lipinski definition) is 5. The van der Waals surface area contributed by atoms with Gasteiger partial charge < -0.3 is 15.1 Å². The zero-order chi connectivity index (χ0) is 17.4. The van der Waals surface area contributed by atoms with E-state index in [1.807, 2.05) is 24.3 Å². The maximum atomic E-state index is 12.4. The molecule has 7 nitrogen and oxygen atoms in total. The number of rotatable bonds is 3. The number of amides is 2. The van der Waals surface area contributed by atoms with Crippen molar-refractivity contribution in [3.8, 4) is 11.5 Å². The number of aromatic nitrogens is 2. The number of fused-ring (bicyclic) bond motifs is 2. The minimum atomic E-state index is -0.431. The van der Waals surface area contributed by atoms with Crippen molar-refractivity contribution in [1.29, 1.82) is 0 Å². The Morgan fingerprint density at radius 2 is 2.00 bits per heavy atom. The molecule has 7 heteroatoms. The highest BCUT2D eigenvalue weighted by Gasteiger charge is 2.40. The van der Waals surface area contributed by atoms with E-state index in [1.165, 1.54) is 25.7 Å². The number of para-hydroxylation sites is 1. The van der Waals surface area contributed by atoms with Crippen molar-refractivity contribution in [2.75, 3.05) is 11.9 Å². The number of benzene rings is 1. The number of piperidine rings is 2. The van der Waals surface area contributed by atoms with E-state index < -0.39 is 6.03 Å². The highest BCUT2D eigenvalue weighted by Crippen LogP contribution is 2.38. The van der Waals surface area contributed by atoms with Gasteiger partial charge in [0, 0.05) is 18.1 Å². The quantitative estimate of drug-likeness (QED) is 0.927. The molecule has 2 saturated heterocycles. The van der Waals surface area contributed by atoms with Gasteiger partial charge in [-0.25, -0.2) is 4.79 Å². The van der Waals surface area contributed by atoms with Crippen LogP contribution in [-0.2, 0) is 0 Å². The number of carbonyl (C=O) groups is 1. The van der Waals surface area contributed by atoms with E-state index in [4.69, 9.17) is 10.2 Å². The Labute approximate surface area is 146 Å². The lowest BCUT2D eigenvalue weighted by Crippen LogP contribution is -2.57. The first-order valence-corrected chi connectivity index (χ1v) is 8.81. The van der Waals surface area contributed by atoms with Crippen LogP contribution in [0.3, 0.4) is 0 Å². The average molecular weight is 341 g/mol. The number of carbonyl (C=O) groups excluding carboxylic acids is 1. The largest absolute Gasteiger partial charge is 0.423 e. The second kappa shape index (κ2) is 6.48. The molecule has 4 rings (SSSR count). The van der Waals surface area contributed by atoms with Crippen molar-refractivity contribution in [2.24, 2.45) is 5.73 Å². The van der Waals surface area contributed by atoms with Gasteiger partial charge in [-0.05, 0) is 44.9 Å². The van der Waals surface area contributed by atoms with Crippen molar-refractivity contribution >= 4 is 11.7 Å². The Hall–Kier alpha value is -2.41. The zero-order valence-electron chi connectivity index (χ0n) is 14.3. The first kappa shape index (κ1) is 16.1. The predicted octanol–water partition coefficient (Wildman–Crippen LogP) is 2.64. The summed E-state index contributed by atoms with van der Waals surface area (Å²) in [7, 11) is 2.20. The predicted molar refractivity (Wildman–Crippen MR) is 94.0 cm³/mol. The van der Waals surface area contributed by atoms with Gasteiger partial charge in [-0.3, -0.25) is 4.90 Å². The van der Waals surface area contributed by atoms with Crippen LogP contribution in [0.4, 0.5) is 10.5 Å². The van der Waals surface area contributed by atoms with Crippen LogP contribution in [-0.4, -0.2) is 46.3 Å². The van der Waals surface area contributed by atoms with Gasteiger partial charge in [0.25, 0.3) is 0 Å². The summed E-state index contributed by atoms with van der Waals surface area (Å²) in [5.41, 5.74) is 7.29. The molecule has 0 radical (unpaired) electrons. The van der Waals surface area contributed by atoms with E-state index in [2.05, 4.69) is 22.1 Å². The molecule has 2 fully saturated rings. The fourth-order valence-corrected chi connectivity index (χ4v) is 4.45. The Morgan fingerprint density at radius 1 is 1.28 bits per heavy atom. The molecule has 0 saturated carbocycles. The van der Waals surface area contributed by atoms with Crippen molar-refractivity contribution < 1.29 is 9.21 Å². The third-order valence-corrected chi connectivity index (χ3v) is 5.67. The Morgan fingerprint density at radius 3 is 2.64 bits per heavy atom. The molecule has 3 heterocycles. The molecule has 2 N–H and O–H groups in total. The van der Waals surface area contributed by atoms with E-state index in [-0.39, 0.29) is 6.04 Å². The molecular weight excluding hydrogens is 318 g/mol. The molecule has 1 aromatic carbocycles. The molecule has 1 aromatic heterocycles. The summed E-state index contributed by atoms with van der Waals surface area (Å²) in [5, 5.41) is 7.75. The van der Waals surface area contributed by atoms with Gasteiger partial charge in [-0.15, -0.1) is 10.2 Å². The highest BCUT2D eigenvalue weighted by atomic mass is 16.4. The first-order valence-electron chi connectivity index (χ1n) is 8.81. The average Bonchev–Trinajstić information content (AvgIpc) is 3.10. The van der Waals surface area contributed by atoms with Gasteiger partial charge in [-0.2, -0.15) is 0 Å². The molecule has 2 bridgehead atoms. The molecular formula is C18H23N5O2. The molecule has 2 aliphatic heterocycles. The molecule has 2 atom stereocenters. The maximum Gasteiger partial charge on any atom is 0.319 e. The second-order valence-corrected chi connectivity index (χ2v) is 7.00. The Balaban J connectivity index is 1.71. The number of anilines is 1. The summed E-state index contributed by atoms with van der Waals surface area (Å²) in [5.74, 6) is 0.398. The third-order valence-electron chi connectivity index (χ3n) is 5.67. The first-order chi connectivity index (χ1) is 12.1. The van der Waals surface area contributed by atoms with Gasteiger partial charge in [-0.1, -0.05) is 18.6 Å². The summed E-state index contributed by atoms with van der Waals surface area (Å²) in [6.07, 6.45) is 6.80. The summed E-state index contributed by atoms with van der Waals surface area (Å²) in [6, 6.07) is 8.26. The maximum absolute atomic E-state index is 12.4. The van der Waals surface area contributed by atoms with Gasteiger partial charge in [0.15, 0.2) is 0 Å². The van der Waals surface area contributed by atoms with Crippen molar-refractivity contribution in [1.82, 2.24) is 15.1 Å². The van der Waals surface area contributed by atoms with Gasteiger partial charge >= 0.3 is 6.03 Å². The van der Waals surface area contributed by atoms with Crippen LogP contribution in [0.2, 0.25) is 0 Å². The topological polar surface area (TPSA) is 88.5 Å². The van der Waals surface area contributed by atoms with E-state index in [9.17, 15) is 4.79 Å². The number of nitrogens with two attached hydrogens (primary N) is 1. The molecule has 2 unspecified atom stereocenters. The SMILES string of the molecule is CN1C2CCCC1CC(N(C(N)=O)c1ccccc1-c1nnco1)C2. The minimum Gasteiger partial charge on any atom is -0.423 e. The molecule has 2 amide bonds. The Kier molecular flexibility index (Phi) is 4.17. The van der Waals surface area contributed by atoms with Crippen LogP contribution in [0, 0.1) is 0 Å². The summed E-state index contributed by atoms with van der Waals surface area (Å²) in [6.45, 7) is 0. The second-order valence-electron chi connectivity index (χ2n) is 7.00. The van der Waals surface area contributed by atoms with Gasteiger partial charge in [0.1, 0.15) is 0 Å². The van der Waals surface area contributed by atoms with Crippen LogP contribution in [0.1, 0.15) is 32.1 Å². The van der Waals surface area contributed by atoms with Crippen molar-refractivity contribution in [3.05, 3.63) is 30.7 Å². The standard InChI is InChI=1S/C18H23N5O2/c1-22-12-5-4-6-13(22)10-14(9-12)23(18(19)24)16-8-3-2-7-15(16)17-21-20-11-25-17/h2-3,7-8,11-14H,4-6,9-10H2,1H3,(H2,19,24). The van der Waals surface area contributed by atoms with E-state index in [0.29, 0.717) is 18.0 Å². The molecule has 0 spiro atoms. The van der Waals surface area contributed by atoms with E-state index in [1.54, 1.807) is 4.90 Å². The Bertz CT molecular complexity index is 734. The molecule has 2 aromatic rings. The van der Waals surface area contributed by atoms with E-state index in [0.717, 1.165) is 24.1 Å². The monoisotopic (exact) mass is 341 g/mol. The van der Waals surface area contributed by atoms with Crippen LogP contribution in [0.15, 0.2) is 35.1 Å². The fraction of sp³-hybridized carbons (Fsp3) is 0.500. The lowest BCUT2D eigenvalue weighted by atomic mass is 9.81. The van der Waals surface area contributed by atoms with Crippen LogP contribution in [0.25, 0.3) is 11.5 Å². The third kappa shape index (κ3) is 2.89. The summed E-state index contributed by atoms with van der Waals surface area (Å²) < 4.78 is 5.36. The number of nitrogens with zero attached hydrogens (tertiary/aromatic N) is 4.